The number of aliphatic hydroxyl groups is 1. The minimum absolute atomic E-state index is 0.101. The van der Waals surface area contributed by atoms with Gasteiger partial charge in [0.25, 0.3) is 5.91 Å². The number of methoxy groups -OCH3 is 1. The van der Waals surface area contributed by atoms with E-state index >= 15 is 0 Å². The van der Waals surface area contributed by atoms with E-state index in [1.54, 1.807) is 13.8 Å². The predicted molar refractivity (Wildman–Crippen MR) is 63.3 cm³/mol. The predicted octanol–water partition coefficient (Wildman–Crippen LogP) is -0.112. The van der Waals surface area contributed by atoms with Gasteiger partial charge in [-0.25, -0.2) is 0 Å². The van der Waals surface area contributed by atoms with Crippen LogP contribution in [0.4, 0.5) is 0 Å². The fourth-order valence-corrected chi connectivity index (χ4v) is 1.16. The van der Waals surface area contributed by atoms with Gasteiger partial charge in [-0.2, -0.15) is 0 Å². The SMILES string of the molecule is CCC(C)(OC)C(=O)NCCNCC(C)O. The van der Waals surface area contributed by atoms with Gasteiger partial charge in [-0.3, -0.25) is 4.79 Å². The minimum Gasteiger partial charge on any atom is -0.392 e. The number of nitrogens with one attached hydrogen (secondary N) is 2. The van der Waals surface area contributed by atoms with Gasteiger partial charge in [-0.1, -0.05) is 6.92 Å². The number of hydrogen-bond acceptors (Lipinski definition) is 4. The van der Waals surface area contributed by atoms with Crippen LogP contribution < -0.4 is 10.6 Å². The summed E-state index contributed by atoms with van der Waals surface area (Å²) < 4.78 is 5.17. The summed E-state index contributed by atoms with van der Waals surface area (Å²) in [5.41, 5.74) is -0.746. The summed E-state index contributed by atoms with van der Waals surface area (Å²) in [4.78, 5) is 11.7. The summed E-state index contributed by atoms with van der Waals surface area (Å²) in [5, 5.41) is 14.8. The molecule has 3 N–H and O–H groups in total. The Hall–Kier alpha value is -0.650. The second-order valence-corrected chi connectivity index (χ2v) is 4.10. The van der Waals surface area contributed by atoms with Gasteiger partial charge in [0.2, 0.25) is 0 Å². The maximum atomic E-state index is 11.7. The van der Waals surface area contributed by atoms with Gasteiger partial charge in [0.15, 0.2) is 0 Å². The van der Waals surface area contributed by atoms with Crippen LogP contribution in [0.25, 0.3) is 0 Å². The number of ether oxygens (including phenoxy) is 1. The van der Waals surface area contributed by atoms with Crippen LogP contribution in [0.2, 0.25) is 0 Å². The first kappa shape index (κ1) is 15.3. The molecule has 0 aromatic rings. The summed E-state index contributed by atoms with van der Waals surface area (Å²) in [5.74, 6) is -0.101. The van der Waals surface area contributed by atoms with Gasteiger partial charge in [-0.05, 0) is 20.3 Å². The van der Waals surface area contributed by atoms with Crippen molar-refractivity contribution >= 4 is 5.91 Å². The Morgan fingerprint density at radius 1 is 1.50 bits per heavy atom. The standard InChI is InChI=1S/C11H24N2O3/c1-5-11(3,16-4)10(15)13-7-6-12-8-9(2)14/h9,12,14H,5-8H2,1-4H3,(H,13,15). The van der Waals surface area contributed by atoms with E-state index in [4.69, 9.17) is 9.84 Å². The van der Waals surface area contributed by atoms with E-state index in [2.05, 4.69) is 10.6 Å². The van der Waals surface area contributed by atoms with E-state index in [1.807, 2.05) is 6.92 Å². The number of aliphatic hydroxyl groups excluding tert-OH is 1. The van der Waals surface area contributed by atoms with Crippen LogP contribution in [0, 0.1) is 0 Å². The Labute approximate surface area is 97.6 Å². The number of hydrogen-bond donors (Lipinski definition) is 3. The van der Waals surface area contributed by atoms with Crippen LogP contribution in [0.1, 0.15) is 27.2 Å². The van der Waals surface area contributed by atoms with Gasteiger partial charge in [0, 0.05) is 26.7 Å². The first-order valence-electron chi connectivity index (χ1n) is 5.68. The molecule has 0 radical (unpaired) electrons. The highest BCUT2D eigenvalue weighted by molar-refractivity contribution is 5.84. The van der Waals surface area contributed by atoms with Crippen LogP contribution in [-0.4, -0.2) is 49.5 Å². The van der Waals surface area contributed by atoms with Crippen molar-refractivity contribution in [3.63, 3.8) is 0 Å². The second-order valence-electron chi connectivity index (χ2n) is 4.10. The quantitative estimate of drug-likeness (QED) is 0.511. The third-order valence-corrected chi connectivity index (χ3v) is 2.63. The third-order valence-electron chi connectivity index (χ3n) is 2.63. The number of carbonyl (C=O) groups excluding carboxylic acids is 1. The largest absolute Gasteiger partial charge is 0.392 e. The molecule has 5 heteroatoms. The Bertz CT molecular complexity index is 203. The highest BCUT2D eigenvalue weighted by atomic mass is 16.5. The highest BCUT2D eigenvalue weighted by Crippen LogP contribution is 2.13. The van der Waals surface area contributed by atoms with Crippen molar-refractivity contribution in [1.29, 1.82) is 0 Å². The molecule has 0 heterocycles. The molecule has 0 spiro atoms. The molecule has 0 fully saturated rings. The molecule has 0 aliphatic heterocycles. The highest BCUT2D eigenvalue weighted by Gasteiger charge is 2.30. The Morgan fingerprint density at radius 3 is 2.56 bits per heavy atom. The van der Waals surface area contributed by atoms with Crippen LogP contribution in [0.15, 0.2) is 0 Å². The van der Waals surface area contributed by atoms with Crippen LogP contribution >= 0.6 is 0 Å². The lowest BCUT2D eigenvalue weighted by molar-refractivity contribution is -0.141. The maximum Gasteiger partial charge on any atom is 0.251 e. The summed E-state index contributed by atoms with van der Waals surface area (Å²) in [6.07, 6.45) is 0.270. The van der Waals surface area contributed by atoms with Crippen LogP contribution in [0.5, 0.6) is 0 Å². The fraction of sp³-hybridized carbons (Fsp3) is 0.909. The molecule has 0 aromatic carbocycles. The lowest BCUT2D eigenvalue weighted by Crippen LogP contribution is -2.47. The molecule has 2 unspecified atom stereocenters. The van der Waals surface area contributed by atoms with E-state index in [0.29, 0.717) is 26.1 Å². The monoisotopic (exact) mass is 232 g/mol. The average Bonchev–Trinajstić information content (AvgIpc) is 2.26. The zero-order valence-corrected chi connectivity index (χ0v) is 10.7. The topological polar surface area (TPSA) is 70.6 Å². The van der Waals surface area contributed by atoms with Crippen molar-refractivity contribution in [1.82, 2.24) is 10.6 Å². The van der Waals surface area contributed by atoms with Gasteiger partial charge in [0.1, 0.15) is 5.60 Å². The molecular formula is C11H24N2O3. The Kier molecular flexibility index (Phi) is 7.29. The number of amides is 1. The summed E-state index contributed by atoms with van der Waals surface area (Å²) in [6.45, 7) is 7.10. The van der Waals surface area contributed by atoms with Crippen LogP contribution in [-0.2, 0) is 9.53 Å². The molecule has 2 atom stereocenters. The molecule has 0 bridgehead atoms. The van der Waals surface area contributed by atoms with E-state index in [0.717, 1.165) is 0 Å². The molecule has 0 rings (SSSR count). The molecule has 0 saturated heterocycles. The zero-order valence-electron chi connectivity index (χ0n) is 10.7. The maximum absolute atomic E-state index is 11.7. The average molecular weight is 232 g/mol. The molecule has 1 amide bonds. The van der Waals surface area contributed by atoms with Crippen molar-refractivity contribution in [3.8, 4) is 0 Å². The molecule has 0 aromatic heterocycles. The zero-order chi connectivity index (χ0) is 12.6. The van der Waals surface area contributed by atoms with E-state index in [1.165, 1.54) is 7.11 Å². The minimum atomic E-state index is -0.746. The molecular weight excluding hydrogens is 208 g/mol. The molecule has 16 heavy (non-hydrogen) atoms. The normalized spacial score (nSPS) is 16.6. The smallest absolute Gasteiger partial charge is 0.251 e. The molecule has 0 aliphatic rings. The molecule has 0 aliphatic carbocycles. The van der Waals surface area contributed by atoms with Crippen molar-refractivity contribution in [2.24, 2.45) is 0 Å². The third kappa shape index (κ3) is 5.44. The molecule has 0 saturated carbocycles. The van der Waals surface area contributed by atoms with Gasteiger partial charge >= 0.3 is 0 Å². The van der Waals surface area contributed by atoms with Gasteiger partial charge < -0.3 is 20.5 Å². The lowest BCUT2D eigenvalue weighted by Gasteiger charge is -2.25. The lowest BCUT2D eigenvalue weighted by atomic mass is 10.0. The molecule has 5 nitrogen and oxygen atoms in total. The van der Waals surface area contributed by atoms with Crippen molar-refractivity contribution in [2.45, 2.75) is 38.9 Å². The number of carbonyl (C=O) groups is 1. The van der Waals surface area contributed by atoms with Gasteiger partial charge in [-0.15, -0.1) is 0 Å². The van der Waals surface area contributed by atoms with Crippen molar-refractivity contribution < 1.29 is 14.6 Å². The summed E-state index contributed by atoms with van der Waals surface area (Å²) in [7, 11) is 1.54. The van der Waals surface area contributed by atoms with Crippen LogP contribution in [0.3, 0.4) is 0 Å². The van der Waals surface area contributed by atoms with E-state index < -0.39 is 5.60 Å². The first-order chi connectivity index (χ1) is 7.46. The number of rotatable bonds is 8. The fourth-order valence-electron chi connectivity index (χ4n) is 1.16. The van der Waals surface area contributed by atoms with E-state index in [-0.39, 0.29) is 12.0 Å². The van der Waals surface area contributed by atoms with Crippen molar-refractivity contribution in [2.75, 3.05) is 26.7 Å². The van der Waals surface area contributed by atoms with Gasteiger partial charge in [0.05, 0.1) is 6.10 Å². The first-order valence-corrected chi connectivity index (χ1v) is 5.68. The summed E-state index contributed by atoms with van der Waals surface area (Å²) >= 11 is 0. The van der Waals surface area contributed by atoms with Crippen molar-refractivity contribution in [3.05, 3.63) is 0 Å². The Morgan fingerprint density at radius 2 is 2.12 bits per heavy atom. The second kappa shape index (κ2) is 7.60. The Balaban J connectivity index is 3.73. The summed E-state index contributed by atoms with van der Waals surface area (Å²) in [6, 6.07) is 0. The molecule has 96 valence electrons. The van der Waals surface area contributed by atoms with E-state index in [9.17, 15) is 4.79 Å².